The Kier molecular flexibility index (Phi) is 8.04. The molecule has 0 radical (unpaired) electrons. The van der Waals surface area contributed by atoms with E-state index in [-0.39, 0.29) is 30.9 Å². The van der Waals surface area contributed by atoms with Crippen LogP contribution in [0.2, 0.25) is 0 Å². The zero-order chi connectivity index (χ0) is 23.8. The molecule has 1 saturated carbocycles. The van der Waals surface area contributed by atoms with Crippen molar-refractivity contribution in [1.29, 1.82) is 0 Å². The molecule has 192 valence electrons. The van der Waals surface area contributed by atoms with Crippen LogP contribution < -0.4 is 26.5 Å². The number of ether oxygens (including phenoxy) is 1. The second-order valence-corrected chi connectivity index (χ2v) is 13.3. The van der Waals surface area contributed by atoms with E-state index in [9.17, 15) is 8.42 Å². The molecule has 3 aliphatic heterocycles. The van der Waals surface area contributed by atoms with Gasteiger partial charge in [0, 0.05) is 59.0 Å². The van der Waals surface area contributed by atoms with Gasteiger partial charge < -0.3 is 21.1 Å². The number of sulfonamides is 1. The number of hydrazine groups is 1. The second-order valence-electron chi connectivity index (χ2n) is 11.3. The first-order valence-electron chi connectivity index (χ1n) is 12.5. The van der Waals surface area contributed by atoms with Gasteiger partial charge in [0.1, 0.15) is 5.25 Å². The van der Waals surface area contributed by atoms with Crippen molar-refractivity contribution >= 4 is 10.0 Å². The van der Waals surface area contributed by atoms with Crippen LogP contribution >= 0.6 is 0 Å². The molecular weight excluding hydrogens is 442 g/mol. The number of nitrogens with zero attached hydrogens (tertiary/aromatic N) is 2. The average molecular weight is 488 g/mol. The molecule has 0 aromatic rings. The summed E-state index contributed by atoms with van der Waals surface area (Å²) in [6.45, 7) is 9.12. The number of rotatable bonds is 9. The van der Waals surface area contributed by atoms with Crippen molar-refractivity contribution in [3.05, 3.63) is 0 Å². The van der Waals surface area contributed by atoms with Crippen LogP contribution in [0, 0.1) is 11.3 Å². The Bertz CT molecular complexity index is 759. The lowest BCUT2D eigenvalue weighted by Crippen LogP contribution is -2.63. The van der Waals surface area contributed by atoms with E-state index in [0.29, 0.717) is 23.9 Å². The number of piperidine rings is 1. The molecular formula is C22H45N7O3S. The van der Waals surface area contributed by atoms with Gasteiger partial charge in [-0.3, -0.25) is 10.3 Å². The molecule has 0 spiro atoms. The molecule has 3 saturated heterocycles. The number of likely N-dealkylation sites (tertiary alicyclic amines) is 1. The highest BCUT2D eigenvalue weighted by atomic mass is 32.2. The molecule has 4 rings (SSSR count). The van der Waals surface area contributed by atoms with Crippen LogP contribution in [-0.4, -0.2) is 107 Å². The Labute approximate surface area is 199 Å². The highest BCUT2D eigenvalue weighted by Crippen LogP contribution is 2.34. The van der Waals surface area contributed by atoms with E-state index in [1.54, 1.807) is 7.11 Å². The third-order valence-corrected chi connectivity index (χ3v) is 10.0. The van der Waals surface area contributed by atoms with Gasteiger partial charge >= 0.3 is 0 Å². The Balaban J connectivity index is 1.34. The quantitative estimate of drug-likeness (QED) is 0.274. The van der Waals surface area contributed by atoms with Gasteiger partial charge in [0.25, 0.3) is 0 Å². The first kappa shape index (κ1) is 25.7. The Hall–Kier alpha value is -0.370. The summed E-state index contributed by atoms with van der Waals surface area (Å²) in [6, 6.07) is 0.334. The van der Waals surface area contributed by atoms with E-state index in [1.165, 1.54) is 0 Å². The van der Waals surface area contributed by atoms with Crippen molar-refractivity contribution in [3.63, 3.8) is 0 Å². The molecule has 0 aromatic heterocycles. The van der Waals surface area contributed by atoms with Gasteiger partial charge in [-0.25, -0.2) is 18.1 Å². The summed E-state index contributed by atoms with van der Waals surface area (Å²) in [4.78, 5) is 2.56. The molecule has 33 heavy (non-hydrogen) atoms. The predicted octanol–water partition coefficient (Wildman–Crippen LogP) is -1.15. The number of fused-ring (bicyclic) bond motifs is 1. The van der Waals surface area contributed by atoms with Crippen molar-refractivity contribution in [1.82, 2.24) is 30.7 Å². The minimum absolute atomic E-state index is 0.0748. The summed E-state index contributed by atoms with van der Waals surface area (Å²) in [5, 5.41) is 8.32. The van der Waals surface area contributed by atoms with E-state index in [2.05, 4.69) is 39.5 Å². The Morgan fingerprint density at radius 3 is 2.67 bits per heavy atom. The van der Waals surface area contributed by atoms with Crippen molar-refractivity contribution in [2.24, 2.45) is 17.1 Å². The summed E-state index contributed by atoms with van der Waals surface area (Å²) >= 11 is 0. The smallest absolute Gasteiger partial charge is 0.217 e. The maximum Gasteiger partial charge on any atom is 0.217 e. The monoisotopic (exact) mass is 487 g/mol. The van der Waals surface area contributed by atoms with Gasteiger partial charge in [0.2, 0.25) is 10.0 Å². The molecule has 7 unspecified atom stereocenters. The zero-order valence-electron chi connectivity index (χ0n) is 20.7. The maximum absolute atomic E-state index is 13.4. The summed E-state index contributed by atoms with van der Waals surface area (Å²) in [7, 11) is 0.0234. The van der Waals surface area contributed by atoms with Gasteiger partial charge in [0.15, 0.2) is 0 Å². The first-order chi connectivity index (χ1) is 15.6. The highest BCUT2D eigenvalue weighted by molar-refractivity contribution is 7.90. The SMILES string of the molecule is COC1CCC2CNN(C)C2C1NS(=O)(=O)C(CN)CNC1CC(N2CC(C)(C)C2)CCN1. The molecule has 4 aliphatic rings. The molecule has 10 nitrogen and oxygen atoms in total. The van der Waals surface area contributed by atoms with Crippen LogP contribution in [0.25, 0.3) is 0 Å². The number of nitrogens with two attached hydrogens (primary N) is 1. The normalized spacial score (nSPS) is 38.6. The van der Waals surface area contributed by atoms with Crippen molar-refractivity contribution < 1.29 is 13.2 Å². The third-order valence-electron chi connectivity index (χ3n) is 8.17. The fourth-order valence-electron chi connectivity index (χ4n) is 6.37. The Morgan fingerprint density at radius 1 is 1.24 bits per heavy atom. The standard InChI is InChI=1S/C22H45N7O3S/c1-22(2)13-29(14-22)16-7-8-24-19(9-16)25-12-17(10-23)33(30,31)27-20-18(32-4)6-5-15-11-26-28(3)21(15)20/h15-21,24-27H,5-14,23H2,1-4H3. The average Bonchev–Trinajstić information content (AvgIpc) is 3.13. The third kappa shape index (κ3) is 5.73. The molecule has 6 N–H and O–H groups in total. The van der Waals surface area contributed by atoms with Crippen LogP contribution in [0.15, 0.2) is 0 Å². The minimum Gasteiger partial charge on any atom is -0.380 e. The Morgan fingerprint density at radius 2 is 2.00 bits per heavy atom. The van der Waals surface area contributed by atoms with E-state index in [0.717, 1.165) is 51.9 Å². The number of hydrogen-bond donors (Lipinski definition) is 5. The predicted molar refractivity (Wildman–Crippen MR) is 130 cm³/mol. The van der Waals surface area contributed by atoms with E-state index in [1.807, 2.05) is 12.1 Å². The minimum atomic E-state index is -3.63. The van der Waals surface area contributed by atoms with Gasteiger partial charge in [0.05, 0.1) is 18.3 Å². The number of likely N-dealkylation sites (N-methyl/N-ethyl adjacent to an activating group) is 1. The summed E-state index contributed by atoms with van der Waals surface area (Å²) in [5.74, 6) is 0.415. The van der Waals surface area contributed by atoms with Crippen LogP contribution in [0.3, 0.4) is 0 Å². The zero-order valence-corrected chi connectivity index (χ0v) is 21.5. The lowest BCUT2D eigenvalue weighted by atomic mass is 9.80. The molecule has 1 aliphatic carbocycles. The molecule has 4 fully saturated rings. The molecule has 0 aromatic carbocycles. The van der Waals surface area contributed by atoms with Crippen molar-refractivity contribution in [3.8, 4) is 0 Å². The highest BCUT2D eigenvalue weighted by Gasteiger charge is 2.47. The van der Waals surface area contributed by atoms with Crippen LogP contribution in [0.1, 0.15) is 39.5 Å². The van der Waals surface area contributed by atoms with E-state index >= 15 is 0 Å². The van der Waals surface area contributed by atoms with E-state index < -0.39 is 15.3 Å². The lowest BCUT2D eigenvalue weighted by Gasteiger charge is -2.52. The van der Waals surface area contributed by atoms with E-state index in [4.69, 9.17) is 10.5 Å². The topological polar surface area (TPSA) is 124 Å². The molecule has 11 heteroatoms. The fraction of sp³-hybridized carbons (Fsp3) is 1.00. The maximum atomic E-state index is 13.4. The van der Waals surface area contributed by atoms with Crippen LogP contribution in [0.4, 0.5) is 0 Å². The number of hydrogen-bond acceptors (Lipinski definition) is 9. The molecule has 7 atom stereocenters. The largest absolute Gasteiger partial charge is 0.380 e. The number of methoxy groups -OCH3 is 1. The second kappa shape index (κ2) is 10.3. The van der Waals surface area contributed by atoms with Gasteiger partial charge in [-0.2, -0.15) is 0 Å². The van der Waals surface area contributed by atoms with Crippen LogP contribution in [-0.2, 0) is 14.8 Å². The molecule has 0 bridgehead atoms. The van der Waals surface area contributed by atoms with Gasteiger partial charge in [-0.1, -0.05) is 13.8 Å². The molecule has 0 amide bonds. The van der Waals surface area contributed by atoms with Crippen molar-refractivity contribution in [2.45, 2.75) is 75.2 Å². The fourth-order valence-corrected chi connectivity index (χ4v) is 7.81. The van der Waals surface area contributed by atoms with Gasteiger partial charge in [-0.15, -0.1) is 0 Å². The lowest BCUT2D eigenvalue weighted by molar-refractivity contribution is -0.0221. The summed E-state index contributed by atoms with van der Waals surface area (Å²) in [5.41, 5.74) is 9.75. The molecule has 3 heterocycles. The van der Waals surface area contributed by atoms with Crippen molar-refractivity contribution in [2.75, 3.05) is 53.4 Å². The first-order valence-corrected chi connectivity index (χ1v) is 14.1. The summed E-state index contributed by atoms with van der Waals surface area (Å²) < 4.78 is 35.5. The van der Waals surface area contributed by atoms with Gasteiger partial charge in [-0.05, 0) is 43.6 Å². The number of nitrogens with one attached hydrogen (secondary N) is 4. The van der Waals surface area contributed by atoms with Crippen LogP contribution in [0.5, 0.6) is 0 Å². The summed E-state index contributed by atoms with van der Waals surface area (Å²) in [6.07, 6.45) is 3.97.